The molecule has 3 heterocycles. The molecular formula is C16H19N5O2S. The molecule has 0 spiro atoms. The van der Waals surface area contributed by atoms with Crippen molar-refractivity contribution < 1.29 is 8.42 Å². The summed E-state index contributed by atoms with van der Waals surface area (Å²) in [5.41, 5.74) is 2.85. The summed E-state index contributed by atoms with van der Waals surface area (Å²) in [7, 11) is -3.61. The normalized spacial score (nSPS) is 19.3. The summed E-state index contributed by atoms with van der Waals surface area (Å²) >= 11 is 0. The molecule has 8 heteroatoms. The van der Waals surface area contributed by atoms with Crippen LogP contribution in [0.2, 0.25) is 0 Å². The Balaban J connectivity index is 1.77. The van der Waals surface area contributed by atoms with Crippen molar-refractivity contribution in [3.05, 3.63) is 41.5 Å². The molecule has 3 aromatic rings. The molecule has 0 bridgehead atoms. The summed E-state index contributed by atoms with van der Waals surface area (Å²) in [5, 5.41) is 6.80. The maximum atomic E-state index is 13.2. The molecule has 1 aliphatic heterocycles. The van der Waals surface area contributed by atoms with E-state index in [1.54, 1.807) is 18.2 Å². The highest BCUT2D eigenvalue weighted by Crippen LogP contribution is 2.37. The fraction of sp³-hybridized carbons (Fsp3) is 0.375. The molecule has 1 aliphatic rings. The van der Waals surface area contributed by atoms with Gasteiger partial charge in [-0.25, -0.2) is 13.4 Å². The van der Waals surface area contributed by atoms with Crippen LogP contribution < -0.4 is 0 Å². The maximum absolute atomic E-state index is 13.2. The van der Waals surface area contributed by atoms with Crippen molar-refractivity contribution in [1.29, 1.82) is 0 Å². The van der Waals surface area contributed by atoms with Gasteiger partial charge in [-0.3, -0.25) is 5.10 Å². The van der Waals surface area contributed by atoms with Crippen molar-refractivity contribution in [2.24, 2.45) is 0 Å². The minimum absolute atomic E-state index is 0.268. The molecule has 0 unspecified atom stereocenters. The van der Waals surface area contributed by atoms with Crippen molar-refractivity contribution in [1.82, 2.24) is 24.5 Å². The lowest BCUT2D eigenvalue weighted by atomic mass is 10.2. The number of fused-ring (bicyclic) bond motifs is 1. The minimum Gasteiger partial charge on any atom is -0.341 e. The van der Waals surface area contributed by atoms with Gasteiger partial charge in [0.25, 0.3) is 0 Å². The lowest BCUT2D eigenvalue weighted by molar-refractivity contribution is 0.385. The standard InChI is InChI=1S/C16H19N5O2S/c1-10-15(11(2)20-19-10)24(22,23)21-9-5-8-14(21)16-17-12-6-3-4-7-13(12)18-16/h3-4,6-7,14H,5,8-9H2,1-2H3,(H,17,18)(H,19,20)/t14-/m1/s1. The van der Waals surface area contributed by atoms with Gasteiger partial charge in [-0.15, -0.1) is 0 Å². The zero-order valence-corrected chi connectivity index (χ0v) is 14.4. The molecule has 0 saturated carbocycles. The first-order valence-corrected chi connectivity index (χ1v) is 9.40. The lowest BCUT2D eigenvalue weighted by Gasteiger charge is -2.22. The largest absolute Gasteiger partial charge is 0.341 e. The summed E-state index contributed by atoms with van der Waals surface area (Å²) < 4.78 is 27.9. The third-order valence-electron chi connectivity index (χ3n) is 4.55. The van der Waals surface area contributed by atoms with Gasteiger partial charge >= 0.3 is 0 Å². The minimum atomic E-state index is -3.61. The fourth-order valence-electron chi connectivity index (χ4n) is 3.47. The zero-order valence-electron chi connectivity index (χ0n) is 13.6. The molecular weight excluding hydrogens is 326 g/mol. The Morgan fingerprint density at radius 1 is 1.25 bits per heavy atom. The van der Waals surface area contributed by atoms with Crippen LogP contribution in [0.25, 0.3) is 11.0 Å². The van der Waals surface area contributed by atoms with Gasteiger partial charge in [0, 0.05) is 6.54 Å². The van der Waals surface area contributed by atoms with Crippen LogP contribution in [0.5, 0.6) is 0 Å². The zero-order chi connectivity index (χ0) is 16.9. The van der Waals surface area contributed by atoms with Crippen molar-refractivity contribution >= 4 is 21.1 Å². The van der Waals surface area contributed by atoms with Crippen LogP contribution in [0.3, 0.4) is 0 Å². The number of imidazole rings is 1. The van der Waals surface area contributed by atoms with Gasteiger partial charge < -0.3 is 4.98 Å². The summed E-state index contributed by atoms with van der Waals surface area (Å²) in [6, 6.07) is 7.47. The Morgan fingerprint density at radius 3 is 2.75 bits per heavy atom. The first-order chi connectivity index (χ1) is 11.5. The number of rotatable bonds is 3. The quantitative estimate of drug-likeness (QED) is 0.762. The van der Waals surface area contributed by atoms with Crippen LogP contribution in [0.4, 0.5) is 0 Å². The number of aryl methyl sites for hydroxylation is 2. The predicted octanol–water partition coefficient (Wildman–Crippen LogP) is 2.43. The van der Waals surface area contributed by atoms with Crippen molar-refractivity contribution in [2.75, 3.05) is 6.54 Å². The Hall–Kier alpha value is -2.19. The van der Waals surface area contributed by atoms with E-state index in [0.717, 1.165) is 23.9 Å². The van der Waals surface area contributed by atoms with E-state index in [-0.39, 0.29) is 10.9 Å². The van der Waals surface area contributed by atoms with Crippen molar-refractivity contribution in [2.45, 2.75) is 37.6 Å². The highest BCUT2D eigenvalue weighted by molar-refractivity contribution is 7.89. The van der Waals surface area contributed by atoms with Crippen LogP contribution in [0, 0.1) is 13.8 Å². The first-order valence-electron chi connectivity index (χ1n) is 7.96. The molecule has 1 saturated heterocycles. The van der Waals surface area contributed by atoms with Crippen LogP contribution in [0.15, 0.2) is 29.2 Å². The Morgan fingerprint density at radius 2 is 2.04 bits per heavy atom. The van der Waals surface area contributed by atoms with Crippen LogP contribution in [0.1, 0.15) is 36.1 Å². The van der Waals surface area contributed by atoms with Crippen molar-refractivity contribution in [3.63, 3.8) is 0 Å². The molecule has 2 N–H and O–H groups in total. The highest BCUT2D eigenvalue weighted by Gasteiger charge is 2.39. The van der Waals surface area contributed by atoms with Crippen LogP contribution in [-0.4, -0.2) is 39.4 Å². The molecule has 1 atom stereocenters. The van der Waals surface area contributed by atoms with Gasteiger partial charge in [-0.2, -0.15) is 9.40 Å². The van der Waals surface area contributed by atoms with E-state index in [4.69, 9.17) is 0 Å². The van der Waals surface area contributed by atoms with Gasteiger partial charge in [-0.1, -0.05) is 12.1 Å². The summed E-state index contributed by atoms with van der Waals surface area (Å²) in [4.78, 5) is 8.16. The number of nitrogens with one attached hydrogen (secondary N) is 2. The van der Waals surface area contributed by atoms with E-state index >= 15 is 0 Å². The second kappa shape index (κ2) is 5.42. The number of benzene rings is 1. The number of H-pyrrole nitrogens is 2. The maximum Gasteiger partial charge on any atom is 0.247 e. The third-order valence-corrected chi connectivity index (χ3v) is 6.73. The molecule has 0 amide bonds. The average molecular weight is 345 g/mol. The second-order valence-corrected chi connectivity index (χ2v) is 8.00. The monoisotopic (exact) mass is 345 g/mol. The number of aromatic nitrogens is 4. The molecule has 2 aromatic heterocycles. The van der Waals surface area contributed by atoms with Gasteiger partial charge in [0.1, 0.15) is 10.7 Å². The van der Waals surface area contributed by atoms with Gasteiger partial charge in [-0.05, 0) is 38.8 Å². The number of hydrogen-bond acceptors (Lipinski definition) is 4. The van der Waals surface area contributed by atoms with E-state index in [9.17, 15) is 8.42 Å². The molecule has 0 aliphatic carbocycles. The lowest BCUT2D eigenvalue weighted by Crippen LogP contribution is -2.31. The Kier molecular flexibility index (Phi) is 3.47. The predicted molar refractivity (Wildman–Crippen MR) is 90.0 cm³/mol. The SMILES string of the molecule is Cc1n[nH]c(C)c1S(=O)(=O)N1CCC[C@@H]1c1nc2ccccc2[nH]1. The molecule has 24 heavy (non-hydrogen) atoms. The molecule has 1 aromatic carbocycles. The van der Waals surface area contributed by atoms with Gasteiger partial charge in [0.2, 0.25) is 10.0 Å². The second-order valence-electron chi connectivity index (χ2n) is 6.18. The van der Waals surface area contributed by atoms with E-state index in [0.29, 0.717) is 23.8 Å². The summed E-state index contributed by atoms with van der Waals surface area (Å²) in [6.45, 7) is 3.94. The number of para-hydroxylation sites is 2. The molecule has 7 nitrogen and oxygen atoms in total. The molecule has 4 rings (SSSR count). The molecule has 126 valence electrons. The number of nitrogens with zero attached hydrogens (tertiary/aromatic N) is 3. The number of sulfonamides is 1. The van der Waals surface area contributed by atoms with Crippen molar-refractivity contribution in [3.8, 4) is 0 Å². The smallest absolute Gasteiger partial charge is 0.247 e. The van der Waals surface area contributed by atoms with Crippen LogP contribution >= 0.6 is 0 Å². The molecule has 0 radical (unpaired) electrons. The fourth-order valence-corrected chi connectivity index (χ4v) is 5.47. The van der Waals surface area contributed by atoms with E-state index < -0.39 is 10.0 Å². The first kappa shape index (κ1) is 15.3. The average Bonchev–Trinajstić information content (AvgIpc) is 3.24. The molecule has 1 fully saturated rings. The van der Waals surface area contributed by atoms with E-state index in [1.807, 2.05) is 24.3 Å². The van der Waals surface area contributed by atoms with Gasteiger partial charge in [0.05, 0.1) is 28.5 Å². The highest BCUT2D eigenvalue weighted by atomic mass is 32.2. The number of aromatic amines is 2. The van der Waals surface area contributed by atoms with E-state index in [1.165, 1.54) is 0 Å². The van der Waals surface area contributed by atoms with Crippen LogP contribution in [-0.2, 0) is 10.0 Å². The Labute approximate surface area is 140 Å². The van der Waals surface area contributed by atoms with E-state index in [2.05, 4.69) is 20.2 Å². The summed E-state index contributed by atoms with van der Waals surface area (Å²) in [5.74, 6) is 0.705. The van der Waals surface area contributed by atoms with Gasteiger partial charge in [0.15, 0.2) is 0 Å². The third kappa shape index (κ3) is 2.25. The topological polar surface area (TPSA) is 94.7 Å². The summed E-state index contributed by atoms with van der Waals surface area (Å²) in [6.07, 6.45) is 1.58. The number of hydrogen-bond donors (Lipinski definition) is 2. The Bertz CT molecular complexity index is 952.